The van der Waals surface area contributed by atoms with Crippen LogP contribution in [0.25, 0.3) is 0 Å². The maximum atomic E-state index is 12.2. The van der Waals surface area contributed by atoms with Gasteiger partial charge in [0.05, 0.1) is 18.7 Å². The number of hydrogen-bond acceptors (Lipinski definition) is 6. The Morgan fingerprint density at radius 1 is 1.07 bits per heavy atom. The highest BCUT2D eigenvalue weighted by Crippen LogP contribution is 2.17. The fourth-order valence-electron chi connectivity index (χ4n) is 2.61. The van der Waals surface area contributed by atoms with Gasteiger partial charge in [0.15, 0.2) is 5.69 Å². The molecule has 0 saturated carbocycles. The number of nitrogens with one attached hydrogen (secondary N) is 2. The standard InChI is InChI=1S/C21H19N5O2/c1-28-19-5-3-2-4-16(19)12-13-23-20-11-10-18(25-26-20)21(27)24-17-8-6-15(14-22)7-9-17/h2-11H,12-13H2,1H3,(H,23,26)(H,24,27). The highest BCUT2D eigenvalue weighted by Gasteiger charge is 2.09. The Kier molecular flexibility index (Phi) is 6.16. The number of nitrogens with zero attached hydrogens (tertiary/aromatic N) is 3. The first kappa shape index (κ1) is 18.9. The lowest BCUT2D eigenvalue weighted by molar-refractivity contribution is 0.102. The van der Waals surface area contributed by atoms with E-state index in [2.05, 4.69) is 20.8 Å². The lowest BCUT2D eigenvalue weighted by Gasteiger charge is -2.09. The van der Waals surface area contributed by atoms with E-state index in [1.54, 1.807) is 43.5 Å². The summed E-state index contributed by atoms with van der Waals surface area (Å²) in [6.07, 6.45) is 0.770. The molecule has 1 heterocycles. The van der Waals surface area contributed by atoms with Crippen molar-refractivity contribution in [2.75, 3.05) is 24.3 Å². The van der Waals surface area contributed by atoms with Crippen LogP contribution in [0.1, 0.15) is 21.6 Å². The fourth-order valence-corrected chi connectivity index (χ4v) is 2.61. The minimum absolute atomic E-state index is 0.208. The number of aromatic nitrogens is 2. The molecule has 0 aliphatic rings. The molecule has 0 spiro atoms. The summed E-state index contributed by atoms with van der Waals surface area (Å²) >= 11 is 0. The van der Waals surface area contributed by atoms with Gasteiger partial charge in [-0.2, -0.15) is 5.26 Å². The monoisotopic (exact) mass is 373 g/mol. The van der Waals surface area contributed by atoms with Crippen molar-refractivity contribution in [3.63, 3.8) is 0 Å². The molecule has 0 aliphatic heterocycles. The number of ether oxygens (including phenoxy) is 1. The van der Waals surface area contributed by atoms with Crippen LogP contribution in [0.15, 0.2) is 60.7 Å². The number of rotatable bonds is 7. The van der Waals surface area contributed by atoms with Gasteiger partial charge in [-0.05, 0) is 54.4 Å². The third-order valence-corrected chi connectivity index (χ3v) is 4.06. The summed E-state index contributed by atoms with van der Waals surface area (Å²) in [6.45, 7) is 0.659. The van der Waals surface area contributed by atoms with Crippen molar-refractivity contribution in [1.29, 1.82) is 5.26 Å². The van der Waals surface area contributed by atoms with E-state index in [9.17, 15) is 4.79 Å². The van der Waals surface area contributed by atoms with E-state index in [1.165, 1.54) is 0 Å². The third-order valence-electron chi connectivity index (χ3n) is 4.06. The van der Waals surface area contributed by atoms with E-state index in [4.69, 9.17) is 10.00 Å². The van der Waals surface area contributed by atoms with Crippen LogP contribution in [-0.4, -0.2) is 29.8 Å². The fraction of sp³-hybridized carbons (Fsp3) is 0.143. The molecule has 0 radical (unpaired) electrons. The van der Waals surface area contributed by atoms with E-state index in [0.29, 0.717) is 23.6 Å². The molecule has 7 heteroatoms. The topological polar surface area (TPSA) is 99.9 Å². The van der Waals surface area contributed by atoms with Crippen LogP contribution in [0.4, 0.5) is 11.5 Å². The molecule has 0 atom stereocenters. The number of amides is 1. The molecule has 140 valence electrons. The number of anilines is 2. The van der Waals surface area contributed by atoms with Crippen molar-refractivity contribution < 1.29 is 9.53 Å². The molecule has 0 unspecified atom stereocenters. The predicted molar refractivity (Wildman–Crippen MR) is 106 cm³/mol. The molecule has 2 aromatic carbocycles. The summed E-state index contributed by atoms with van der Waals surface area (Å²) < 4.78 is 5.34. The summed E-state index contributed by atoms with van der Waals surface area (Å²) in [4.78, 5) is 12.2. The zero-order chi connectivity index (χ0) is 19.8. The molecular formula is C21H19N5O2. The SMILES string of the molecule is COc1ccccc1CCNc1ccc(C(=O)Nc2ccc(C#N)cc2)nn1. The Bertz CT molecular complexity index is 979. The molecular weight excluding hydrogens is 354 g/mol. The van der Waals surface area contributed by atoms with Crippen LogP contribution in [0, 0.1) is 11.3 Å². The van der Waals surface area contributed by atoms with Crippen molar-refractivity contribution in [1.82, 2.24) is 10.2 Å². The van der Waals surface area contributed by atoms with Crippen LogP contribution in [0.3, 0.4) is 0 Å². The van der Waals surface area contributed by atoms with Gasteiger partial charge in [0.25, 0.3) is 5.91 Å². The van der Waals surface area contributed by atoms with Crippen molar-refractivity contribution in [3.8, 4) is 11.8 Å². The molecule has 2 N–H and O–H groups in total. The molecule has 7 nitrogen and oxygen atoms in total. The number of benzene rings is 2. The average Bonchev–Trinajstić information content (AvgIpc) is 2.75. The highest BCUT2D eigenvalue weighted by atomic mass is 16.5. The van der Waals surface area contributed by atoms with Crippen molar-refractivity contribution >= 4 is 17.4 Å². The predicted octanol–water partition coefficient (Wildman–Crippen LogP) is 3.26. The molecule has 3 rings (SSSR count). The minimum Gasteiger partial charge on any atom is -0.496 e. The van der Waals surface area contributed by atoms with Gasteiger partial charge in [0.1, 0.15) is 11.6 Å². The first-order chi connectivity index (χ1) is 13.7. The minimum atomic E-state index is -0.363. The van der Waals surface area contributed by atoms with Crippen LogP contribution >= 0.6 is 0 Å². The Hall–Kier alpha value is -3.92. The molecule has 1 aromatic heterocycles. The average molecular weight is 373 g/mol. The van der Waals surface area contributed by atoms with Gasteiger partial charge in [-0.1, -0.05) is 18.2 Å². The number of carbonyl (C=O) groups is 1. The van der Waals surface area contributed by atoms with Crippen LogP contribution in [0.2, 0.25) is 0 Å². The smallest absolute Gasteiger partial charge is 0.276 e. The largest absolute Gasteiger partial charge is 0.496 e. The molecule has 0 bridgehead atoms. The van der Waals surface area contributed by atoms with Gasteiger partial charge in [-0.15, -0.1) is 10.2 Å². The van der Waals surface area contributed by atoms with E-state index in [0.717, 1.165) is 17.7 Å². The van der Waals surface area contributed by atoms with Gasteiger partial charge < -0.3 is 15.4 Å². The normalized spacial score (nSPS) is 10.0. The van der Waals surface area contributed by atoms with Crippen molar-refractivity contribution in [3.05, 3.63) is 77.5 Å². The summed E-state index contributed by atoms with van der Waals surface area (Å²) in [5.74, 6) is 1.08. The van der Waals surface area contributed by atoms with Gasteiger partial charge >= 0.3 is 0 Å². The summed E-state index contributed by atoms with van der Waals surface area (Å²) in [5.41, 5.74) is 2.43. The van der Waals surface area contributed by atoms with Crippen LogP contribution in [0.5, 0.6) is 5.75 Å². The van der Waals surface area contributed by atoms with Crippen LogP contribution in [-0.2, 0) is 6.42 Å². The second-order valence-electron chi connectivity index (χ2n) is 5.94. The van der Waals surface area contributed by atoms with E-state index in [1.807, 2.05) is 30.3 Å². The van der Waals surface area contributed by atoms with E-state index < -0.39 is 0 Å². The van der Waals surface area contributed by atoms with Crippen LogP contribution < -0.4 is 15.4 Å². The molecule has 3 aromatic rings. The highest BCUT2D eigenvalue weighted by molar-refractivity contribution is 6.02. The first-order valence-corrected chi connectivity index (χ1v) is 8.70. The lowest BCUT2D eigenvalue weighted by Crippen LogP contribution is -2.15. The number of hydrogen-bond donors (Lipinski definition) is 2. The van der Waals surface area contributed by atoms with Crippen molar-refractivity contribution in [2.24, 2.45) is 0 Å². The Balaban J connectivity index is 1.54. The zero-order valence-electron chi connectivity index (χ0n) is 15.3. The first-order valence-electron chi connectivity index (χ1n) is 8.70. The molecule has 28 heavy (non-hydrogen) atoms. The lowest BCUT2D eigenvalue weighted by atomic mass is 10.1. The Morgan fingerprint density at radius 3 is 2.54 bits per heavy atom. The number of nitriles is 1. The molecule has 0 saturated heterocycles. The Labute approximate surface area is 163 Å². The third kappa shape index (κ3) is 4.83. The number of para-hydroxylation sites is 1. The number of carbonyl (C=O) groups excluding carboxylic acids is 1. The second-order valence-corrected chi connectivity index (χ2v) is 5.94. The summed E-state index contributed by atoms with van der Waals surface area (Å²) in [7, 11) is 1.65. The summed E-state index contributed by atoms with van der Waals surface area (Å²) in [6, 6.07) is 19.8. The maximum absolute atomic E-state index is 12.2. The molecule has 0 fully saturated rings. The molecule has 0 aliphatic carbocycles. The van der Waals surface area contributed by atoms with Gasteiger partial charge in [-0.3, -0.25) is 4.79 Å². The Morgan fingerprint density at radius 2 is 1.86 bits per heavy atom. The van der Waals surface area contributed by atoms with Gasteiger partial charge in [-0.25, -0.2) is 0 Å². The second kappa shape index (κ2) is 9.14. The van der Waals surface area contributed by atoms with Crippen molar-refractivity contribution in [2.45, 2.75) is 6.42 Å². The van der Waals surface area contributed by atoms with Gasteiger partial charge in [0, 0.05) is 12.2 Å². The van der Waals surface area contributed by atoms with E-state index in [-0.39, 0.29) is 11.6 Å². The molecule has 1 amide bonds. The summed E-state index contributed by atoms with van der Waals surface area (Å²) in [5, 5.41) is 22.7. The van der Waals surface area contributed by atoms with E-state index >= 15 is 0 Å². The zero-order valence-corrected chi connectivity index (χ0v) is 15.3. The number of methoxy groups -OCH3 is 1. The quantitative estimate of drug-likeness (QED) is 0.659. The van der Waals surface area contributed by atoms with Gasteiger partial charge in [0.2, 0.25) is 0 Å². The maximum Gasteiger partial charge on any atom is 0.276 e.